The van der Waals surface area contributed by atoms with Gasteiger partial charge in [-0.05, 0) is 37.2 Å². The summed E-state index contributed by atoms with van der Waals surface area (Å²) >= 11 is 0. The fourth-order valence-corrected chi connectivity index (χ4v) is 2.91. The third-order valence-electron chi connectivity index (χ3n) is 3.50. The van der Waals surface area contributed by atoms with Crippen molar-refractivity contribution in [1.82, 2.24) is 4.98 Å². The van der Waals surface area contributed by atoms with Crippen molar-refractivity contribution in [3.05, 3.63) is 28.4 Å². The number of nitro groups is 1. The molecule has 0 saturated heterocycles. The lowest BCUT2D eigenvalue weighted by Gasteiger charge is -2.32. The smallest absolute Gasteiger partial charge is 0.311 e. The molecule has 1 aromatic heterocycles. The zero-order chi connectivity index (χ0) is 13.1. The van der Waals surface area contributed by atoms with Gasteiger partial charge in [0.15, 0.2) is 0 Å². The summed E-state index contributed by atoms with van der Waals surface area (Å²) in [5.41, 5.74) is 0.0587. The summed E-state index contributed by atoms with van der Waals surface area (Å²) in [6, 6.07) is 3.37. The Kier molecular flexibility index (Phi) is 3.79. The van der Waals surface area contributed by atoms with Crippen molar-refractivity contribution in [2.45, 2.75) is 39.2 Å². The summed E-state index contributed by atoms with van der Waals surface area (Å²) in [4.78, 5) is 14.6. The van der Waals surface area contributed by atoms with Gasteiger partial charge in [-0.25, -0.2) is 4.98 Å². The molecule has 1 N–H and O–H groups in total. The van der Waals surface area contributed by atoms with Crippen LogP contribution in [0, 0.1) is 22.0 Å². The summed E-state index contributed by atoms with van der Waals surface area (Å²) in [6.07, 6.45) is 4.93. The van der Waals surface area contributed by atoms with Crippen molar-refractivity contribution in [2.24, 2.45) is 11.8 Å². The van der Waals surface area contributed by atoms with Crippen LogP contribution in [-0.4, -0.2) is 15.9 Å². The minimum Gasteiger partial charge on any atom is -0.362 e. The fraction of sp³-hybridized carbons (Fsp3) is 0.615. The van der Waals surface area contributed by atoms with Crippen molar-refractivity contribution in [2.75, 3.05) is 5.32 Å². The molecule has 5 heteroatoms. The first-order valence-corrected chi connectivity index (χ1v) is 6.42. The highest BCUT2D eigenvalue weighted by Gasteiger charge is 2.26. The average Bonchev–Trinajstić information content (AvgIpc) is 2.27. The zero-order valence-electron chi connectivity index (χ0n) is 10.8. The van der Waals surface area contributed by atoms with Gasteiger partial charge in [0.25, 0.3) is 0 Å². The first-order valence-electron chi connectivity index (χ1n) is 6.42. The molecule has 2 rings (SSSR count). The molecule has 1 aliphatic rings. The molecule has 1 heterocycles. The molecular formula is C13H19N3O2. The maximum Gasteiger partial charge on any atom is 0.311 e. The van der Waals surface area contributed by atoms with E-state index in [4.69, 9.17) is 0 Å². The van der Waals surface area contributed by atoms with Gasteiger partial charge in [-0.3, -0.25) is 10.1 Å². The second kappa shape index (κ2) is 5.33. The van der Waals surface area contributed by atoms with Gasteiger partial charge < -0.3 is 5.32 Å². The van der Waals surface area contributed by atoms with E-state index in [0.29, 0.717) is 17.7 Å². The van der Waals surface area contributed by atoms with Crippen molar-refractivity contribution < 1.29 is 4.92 Å². The van der Waals surface area contributed by atoms with Crippen LogP contribution in [0.25, 0.3) is 0 Å². The highest BCUT2D eigenvalue weighted by molar-refractivity contribution is 5.55. The molecular weight excluding hydrogens is 230 g/mol. The molecule has 0 aliphatic heterocycles. The Morgan fingerprint density at radius 2 is 2.00 bits per heavy atom. The van der Waals surface area contributed by atoms with E-state index >= 15 is 0 Å². The summed E-state index contributed by atoms with van der Waals surface area (Å²) in [6.45, 7) is 4.47. The number of pyridine rings is 1. The molecule has 0 spiro atoms. The molecule has 5 nitrogen and oxygen atoms in total. The van der Waals surface area contributed by atoms with Gasteiger partial charge in [-0.2, -0.15) is 0 Å². The number of hydrogen-bond donors (Lipinski definition) is 1. The third kappa shape index (κ3) is 2.97. The Morgan fingerprint density at radius 3 is 2.61 bits per heavy atom. The standard InChI is InChI=1S/C13H19N3O2/c1-9-6-10(2)8-11(7-9)15-13-12(16(17)18)4-3-5-14-13/h3-5,9-11H,6-8H2,1-2H3,(H,14,15). The average molecular weight is 249 g/mol. The molecule has 2 atom stereocenters. The fourth-order valence-electron chi connectivity index (χ4n) is 2.91. The monoisotopic (exact) mass is 249 g/mol. The Labute approximate surface area is 107 Å². The zero-order valence-corrected chi connectivity index (χ0v) is 10.8. The Hall–Kier alpha value is -1.65. The molecule has 2 unspecified atom stereocenters. The number of rotatable bonds is 3. The van der Waals surface area contributed by atoms with E-state index in [0.717, 1.165) is 12.8 Å². The van der Waals surface area contributed by atoms with Crippen LogP contribution in [-0.2, 0) is 0 Å². The van der Waals surface area contributed by atoms with E-state index in [1.165, 1.54) is 12.5 Å². The SMILES string of the molecule is CC1CC(C)CC(Nc2ncccc2[N+](=O)[O-])C1. The van der Waals surface area contributed by atoms with Crippen LogP contribution in [0.15, 0.2) is 18.3 Å². The first-order chi connectivity index (χ1) is 8.56. The Balaban J connectivity index is 2.11. The summed E-state index contributed by atoms with van der Waals surface area (Å²) in [5, 5.41) is 14.2. The van der Waals surface area contributed by atoms with E-state index < -0.39 is 0 Å². The van der Waals surface area contributed by atoms with Gasteiger partial charge in [0.1, 0.15) is 0 Å². The van der Waals surface area contributed by atoms with Gasteiger partial charge in [0.2, 0.25) is 5.82 Å². The van der Waals surface area contributed by atoms with Gasteiger partial charge in [-0.1, -0.05) is 13.8 Å². The lowest BCUT2D eigenvalue weighted by Crippen LogP contribution is -2.30. The highest BCUT2D eigenvalue weighted by atomic mass is 16.6. The van der Waals surface area contributed by atoms with Crippen LogP contribution in [0.4, 0.5) is 11.5 Å². The van der Waals surface area contributed by atoms with E-state index in [9.17, 15) is 10.1 Å². The lowest BCUT2D eigenvalue weighted by atomic mass is 9.80. The van der Waals surface area contributed by atoms with Crippen LogP contribution in [0.1, 0.15) is 33.1 Å². The Morgan fingerprint density at radius 1 is 1.33 bits per heavy atom. The first kappa shape index (κ1) is 12.8. The van der Waals surface area contributed by atoms with Crippen molar-refractivity contribution in [3.63, 3.8) is 0 Å². The second-order valence-electron chi connectivity index (χ2n) is 5.39. The van der Waals surface area contributed by atoms with Crippen molar-refractivity contribution in [1.29, 1.82) is 0 Å². The van der Waals surface area contributed by atoms with Gasteiger partial charge in [-0.15, -0.1) is 0 Å². The van der Waals surface area contributed by atoms with E-state index in [-0.39, 0.29) is 16.7 Å². The maximum atomic E-state index is 10.9. The molecule has 18 heavy (non-hydrogen) atoms. The van der Waals surface area contributed by atoms with Gasteiger partial charge in [0.05, 0.1) is 4.92 Å². The normalized spacial score (nSPS) is 27.8. The van der Waals surface area contributed by atoms with Gasteiger partial charge >= 0.3 is 5.69 Å². The molecule has 1 aliphatic carbocycles. The Bertz CT molecular complexity index is 426. The summed E-state index contributed by atoms with van der Waals surface area (Å²) in [7, 11) is 0. The molecule has 1 fully saturated rings. The van der Waals surface area contributed by atoms with E-state index in [1.54, 1.807) is 12.3 Å². The maximum absolute atomic E-state index is 10.9. The largest absolute Gasteiger partial charge is 0.362 e. The molecule has 1 aromatic rings. The highest BCUT2D eigenvalue weighted by Crippen LogP contribution is 2.31. The van der Waals surface area contributed by atoms with E-state index in [1.807, 2.05) is 0 Å². The predicted molar refractivity (Wildman–Crippen MR) is 70.5 cm³/mol. The minimum atomic E-state index is -0.384. The predicted octanol–water partition coefficient (Wildman–Crippen LogP) is 3.23. The van der Waals surface area contributed by atoms with Crippen molar-refractivity contribution in [3.8, 4) is 0 Å². The van der Waals surface area contributed by atoms with Crippen LogP contribution >= 0.6 is 0 Å². The number of nitrogens with one attached hydrogen (secondary N) is 1. The number of hydrogen-bond acceptors (Lipinski definition) is 4. The molecule has 0 amide bonds. The molecule has 0 aromatic carbocycles. The lowest BCUT2D eigenvalue weighted by molar-refractivity contribution is -0.384. The van der Waals surface area contributed by atoms with Crippen molar-refractivity contribution >= 4 is 11.5 Å². The van der Waals surface area contributed by atoms with Crippen LogP contribution < -0.4 is 5.32 Å². The minimum absolute atomic E-state index is 0.0587. The van der Waals surface area contributed by atoms with Crippen LogP contribution in [0.3, 0.4) is 0 Å². The molecule has 1 saturated carbocycles. The van der Waals surface area contributed by atoms with Crippen LogP contribution in [0.5, 0.6) is 0 Å². The van der Waals surface area contributed by atoms with E-state index in [2.05, 4.69) is 24.1 Å². The van der Waals surface area contributed by atoms with Crippen LogP contribution in [0.2, 0.25) is 0 Å². The summed E-state index contributed by atoms with van der Waals surface area (Å²) < 4.78 is 0. The number of nitrogens with zero attached hydrogens (tertiary/aromatic N) is 2. The molecule has 0 radical (unpaired) electrons. The quantitative estimate of drug-likeness (QED) is 0.659. The number of anilines is 1. The third-order valence-corrected chi connectivity index (χ3v) is 3.50. The molecule has 0 bridgehead atoms. The number of aromatic nitrogens is 1. The van der Waals surface area contributed by atoms with Gasteiger partial charge in [0, 0.05) is 18.3 Å². The molecule has 98 valence electrons. The summed E-state index contributed by atoms with van der Waals surface area (Å²) in [5.74, 6) is 1.72. The topological polar surface area (TPSA) is 68.1 Å². The second-order valence-corrected chi connectivity index (χ2v) is 5.39.